The molecule has 5 heteroatoms. The molecule has 40 heavy (non-hydrogen) atoms. The van der Waals surface area contributed by atoms with Gasteiger partial charge in [-0.1, -0.05) is 120 Å². The van der Waals surface area contributed by atoms with Crippen LogP contribution in [-0.2, 0) is 4.43 Å². The van der Waals surface area contributed by atoms with E-state index in [-0.39, 0.29) is 35.3 Å². The zero-order chi connectivity index (χ0) is 28.7. The summed E-state index contributed by atoms with van der Waals surface area (Å²) in [6.45, 7) is 20.8. The Labute approximate surface area is 257 Å². The van der Waals surface area contributed by atoms with E-state index in [0.29, 0.717) is 18.7 Å². The second-order valence-corrected chi connectivity index (χ2v) is 16.1. The number of carbonyl (C=O) groups is 1. The third kappa shape index (κ3) is 6.97. The molecule has 0 radical (unpaired) electrons. The van der Waals surface area contributed by atoms with Crippen molar-refractivity contribution in [2.24, 2.45) is 0 Å². The smallest absolute Gasteiger partial charge is 0.406 e. The summed E-state index contributed by atoms with van der Waals surface area (Å²) in [5, 5.41) is 2.40. The fourth-order valence-electron chi connectivity index (χ4n) is 6.23. The van der Waals surface area contributed by atoms with Crippen LogP contribution in [0.4, 0.5) is 0 Å². The van der Waals surface area contributed by atoms with E-state index in [1.165, 1.54) is 10.4 Å². The summed E-state index contributed by atoms with van der Waals surface area (Å²) in [6.07, 6.45) is 3.79. The first-order chi connectivity index (χ1) is 18.6. The Hall–Kier alpha value is -2.23. The number of rotatable bonds is 12. The minimum Gasteiger partial charge on any atom is -0.406 e. The molecule has 0 atom stereocenters. The SMILES string of the molecule is [CH2-]c1ccc(C)cc1C(=O)N(CCO[Si](c1ccccc1)(c1ccccc1)C(C)(C)C)C(CC)(CC)CCC.[Li+]. The topological polar surface area (TPSA) is 29.5 Å². The Morgan fingerprint density at radius 3 is 1.85 bits per heavy atom. The molecule has 3 aromatic rings. The predicted molar refractivity (Wildman–Crippen MR) is 168 cm³/mol. The summed E-state index contributed by atoms with van der Waals surface area (Å²) in [7, 11) is -2.70. The largest absolute Gasteiger partial charge is 1.00 e. The maximum atomic E-state index is 14.3. The summed E-state index contributed by atoms with van der Waals surface area (Å²) in [5.74, 6) is 0.0619. The van der Waals surface area contributed by atoms with Gasteiger partial charge >= 0.3 is 18.9 Å². The van der Waals surface area contributed by atoms with Crippen molar-refractivity contribution in [1.82, 2.24) is 4.90 Å². The molecule has 0 fully saturated rings. The third-order valence-electron chi connectivity index (χ3n) is 8.40. The summed E-state index contributed by atoms with van der Waals surface area (Å²) < 4.78 is 7.23. The molecule has 0 heterocycles. The van der Waals surface area contributed by atoms with Crippen molar-refractivity contribution < 1.29 is 28.1 Å². The third-order valence-corrected chi connectivity index (χ3v) is 13.4. The Balaban J connectivity index is 0.00000560. The summed E-state index contributed by atoms with van der Waals surface area (Å²) >= 11 is 0. The summed E-state index contributed by atoms with van der Waals surface area (Å²) in [4.78, 5) is 16.4. The van der Waals surface area contributed by atoms with Crippen molar-refractivity contribution in [3.8, 4) is 0 Å². The van der Waals surface area contributed by atoms with Crippen LogP contribution in [0.5, 0.6) is 0 Å². The van der Waals surface area contributed by atoms with Gasteiger partial charge in [-0.3, -0.25) is 4.79 Å². The molecule has 0 bridgehead atoms. The van der Waals surface area contributed by atoms with Crippen LogP contribution in [0.2, 0.25) is 5.04 Å². The minimum atomic E-state index is -2.70. The van der Waals surface area contributed by atoms with Crippen LogP contribution in [0.15, 0.2) is 78.9 Å². The predicted octanol–water partition coefficient (Wildman–Crippen LogP) is 4.56. The zero-order valence-corrected chi connectivity index (χ0v) is 27.2. The van der Waals surface area contributed by atoms with Gasteiger partial charge in [0.1, 0.15) is 0 Å². The molecule has 3 nitrogen and oxygen atoms in total. The molecule has 0 aromatic heterocycles. The molecule has 0 saturated carbocycles. The molecule has 0 unspecified atom stereocenters. The van der Waals surface area contributed by atoms with Crippen LogP contribution in [0.1, 0.15) is 88.7 Å². The van der Waals surface area contributed by atoms with Crippen molar-refractivity contribution in [1.29, 1.82) is 0 Å². The van der Waals surface area contributed by atoms with E-state index in [0.717, 1.165) is 36.8 Å². The molecule has 0 aliphatic carbocycles. The van der Waals surface area contributed by atoms with Gasteiger partial charge in [-0.15, -0.1) is 12.1 Å². The van der Waals surface area contributed by atoms with Gasteiger partial charge in [-0.25, -0.2) is 0 Å². The average Bonchev–Trinajstić information content (AvgIpc) is 2.93. The van der Waals surface area contributed by atoms with Gasteiger partial charge in [0.15, 0.2) is 5.91 Å². The van der Waals surface area contributed by atoms with Crippen molar-refractivity contribution >= 4 is 24.6 Å². The van der Waals surface area contributed by atoms with E-state index in [2.05, 4.69) is 114 Å². The quantitative estimate of drug-likeness (QED) is 0.245. The van der Waals surface area contributed by atoms with E-state index >= 15 is 0 Å². The number of benzene rings is 3. The van der Waals surface area contributed by atoms with Crippen molar-refractivity contribution in [3.63, 3.8) is 0 Å². The van der Waals surface area contributed by atoms with Crippen LogP contribution in [0.25, 0.3) is 0 Å². The minimum absolute atomic E-state index is 0. The van der Waals surface area contributed by atoms with Crippen LogP contribution in [-0.4, -0.2) is 37.8 Å². The van der Waals surface area contributed by atoms with E-state index in [9.17, 15) is 4.79 Å². The number of hydrogen-bond acceptors (Lipinski definition) is 2. The fraction of sp³-hybridized carbons (Fsp3) is 0.429. The first-order valence-corrected chi connectivity index (χ1v) is 16.5. The van der Waals surface area contributed by atoms with Gasteiger partial charge in [0, 0.05) is 12.1 Å². The van der Waals surface area contributed by atoms with E-state index in [1.54, 1.807) is 0 Å². The zero-order valence-electron chi connectivity index (χ0n) is 26.2. The Morgan fingerprint density at radius 1 is 0.875 bits per heavy atom. The maximum Gasteiger partial charge on any atom is 1.00 e. The molecule has 0 saturated heterocycles. The van der Waals surface area contributed by atoms with Crippen molar-refractivity contribution in [2.45, 2.75) is 84.7 Å². The first-order valence-electron chi connectivity index (χ1n) is 14.6. The van der Waals surface area contributed by atoms with Gasteiger partial charge in [-0.05, 0) is 41.6 Å². The molecular formula is C35H48LiNO2Si. The van der Waals surface area contributed by atoms with Crippen molar-refractivity contribution in [2.75, 3.05) is 13.2 Å². The van der Waals surface area contributed by atoms with Gasteiger partial charge in [0.25, 0.3) is 8.32 Å². The Morgan fingerprint density at radius 2 is 1.40 bits per heavy atom. The Bertz CT molecular complexity index is 1160. The fourth-order valence-corrected chi connectivity index (χ4v) is 10.8. The molecule has 210 valence electrons. The summed E-state index contributed by atoms with van der Waals surface area (Å²) in [6, 6.07) is 27.4. The normalized spacial score (nSPS) is 12.1. The van der Waals surface area contributed by atoms with Crippen LogP contribution >= 0.6 is 0 Å². The second-order valence-electron chi connectivity index (χ2n) is 11.8. The molecule has 0 aliphatic rings. The van der Waals surface area contributed by atoms with Gasteiger partial charge < -0.3 is 9.33 Å². The average molecular weight is 550 g/mol. The molecule has 0 spiro atoms. The number of nitrogens with zero attached hydrogens (tertiary/aromatic N) is 1. The first kappa shape index (κ1) is 34.0. The van der Waals surface area contributed by atoms with E-state index in [4.69, 9.17) is 4.43 Å². The second kappa shape index (κ2) is 14.6. The molecule has 0 N–H and O–H groups in total. The van der Waals surface area contributed by atoms with E-state index < -0.39 is 8.32 Å². The number of hydrogen-bond donors (Lipinski definition) is 0. The van der Waals surface area contributed by atoms with Crippen molar-refractivity contribution in [3.05, 3.63) is 102 Å². The summed E-state index contributed by atoms with van der Waals surface area (Å²) in [5.41, 5.74) is 2.32. The van der Waals surface area contributed by atoms with Gasteiger partial charge in [0.05, 0.1) is 6.61 Å². The molecule has 1 amide bonds. The molecule has 3 rings (SSSR count). The molecule has 0 aliphatic heterocycles. The van der Waals surface area contributed by atoms with Crippen LogP contribution in [0.3, 0.4) is 0 Å². The van der Waals surface area contributed by atoms with Crippen LogP contribution < -0.4 is 29.2 Å². The number of carbonyl (C=O) groups excluding carboxylic acids is 1. The number of aryl methyl sites for hydroxylation is 1. The Kier molecular flexibility index (Phi) is 12.4. The van der Waals surface area contributed by atoms with Gasteiger partial charge in [0.2, 0.25) is 0 Å². The van der Waals surface area contributed by atoms with E-state index in [1.807, 2.05) is 25.1 Å². The standard InChI is InChI=1S/C35H48NO2Si.Li/c1-9-24-35(10-2,11-3)36(33(37)32-27-28(4)22-23-29(32)5)25-26-38-39(34(6,7)8,30-18-14-12-15-19-30)31-20-16-13-17-21-31;/h12-23,27H,5,9-11,24-26H2,1-4,6-8H3;/q-1;+1. The van der Waals surface area contributed by atoms with Gasteiger partial charge in [-0.2, -0.15) is 18.6 Å². The maximum absolute atomic E-state index is 14.3. The monoisotopic (exact) mass is 549 g/mol. The molecule has 3 aromatic carbocycles. The van der Waals surface area contributed by atoms with Crippen LogP contribution in [0, 0.1) is 13.8 Å². The molecular weight excluding hydrogens is 501 g/mol. The number of amides is 1.